The Kier molecular flexibility index (Phi) is 4.09. The van der Waals surface area contributed by atoms with E-state index in [1.54, 1.807) is 12.4 Å². The highest BCUT2D eigenvalue weighted by Crippen LogP contribution is 2.21. The first kappa shape index (κ1) is 12.8. The summed E-state index contributed by atoms with van der Waals surface area (Å²) in [5, 5.41) is 0. The van der Waals surface area contributed by atoms with Gasteiger partial charge in [-0.3, -0.25) is 14.7 Å². The molecule has 98 valence electrons. The summed E-state index contributed by atoms with van der Waals surface area (Å²) in [4.78, 5) is 21.4. The summed E-state index contributed by atoms with van der Waals surface area (Å²) in [6.07, 6.45) is 5.84. The first-order valence-corrected chi connectivity index (χ1v) is 6.20. The monoisotopic (exact) mass is 249 g/mol. The third kappa shape index (κ3) is 3.66. The maximum atomic E-state index is 10.9. The molecule has 0 bridgehead atoms. The van der Waals surface area contributed by atoms with Crippen LogP contribution in [0.15, 0.2) is 12.4 Å². The minimum atomic E-state index is -0.196. The zero-order valence-electron chi connectivity index (χ0n) is 10.4. The molecule has 0 aliphatic carbocycles. The molecule has 1 saturated heterocycles. The average Bonchev–Trinajstić information content (AvgIpc) is 2.34. The number of nitrogens with zero attached hydrogens (tertiary/aromatic N) is 3. The minimum absolute atomic E-state index is 0.196. The Labute approximate surface area is 106 Å². The molecule has 2 heterocycles. The van der Waals surface area contributed by atoms with Crippen LogP contribution in [0.4, 0.5) is 5.82 Å². The fraction of sp³-hybridized carbons (Fsp3) is 0.583. The largest absolute Gasteiger partial charge is 0.382 e. The SMILES string of the molecule is NC(=O)CC1CCN(Cc2cnc(N)cn2)CC1. The minimum Gasteiger partial charge on any atom is -0.382 e. The smallest absolute Gasteiger partial charge is 0.217 e. The van der Waals surface area contributed by atoms with E-state index in [9.17, 15) is 4.79 Å². The number of primary amides is 1. The van der Waals surface area contributed by atoms with Crippen LogP contribution in [0.3, 0.4) is 0 Å². The zero-order valence-corrected chi connectivity index (χ0v) is 10.4. The molecule has 0 unspecified atom stereocenters. The molecule has 1 aliphatic heterocycles. The molecule has 0 spiro atoms. The number of carbonyl (C=O) groups is 1. The number of nitrogen functional groups attached to an aromatic ring is 1. The number of carbonyl (C=O) groups excluding carboxylic acids is 1. The first-order chi connectivity index (χ1) is 8.63. The zero-order chi connectivity index (χ0) is 13.0. The van der Waals surface area contributed by atoms with Crippen molar-refractivity contribution in [3.05, 3.63) is 18.1 Å². The molecule has 1 fully saturated rings. The second-order valence-electron chi connectivity index (χ2n) is 4.82. The van der Waals surface area contributed by atoms with E-state index in [-0.39, 0.29) is 5.91 Å². The Bertz CT molecular complexity index is 397. The molecule has 4 N–H and O–H groups in total. The van der Waals surface area contributed by atoms with Crippen molar-refractivity contribution < 1.29 is 4.79 Å². The van der Waals surface area contributed by atoms with E-state index < -0.39 is 0 Å². The normalized spacial score (nSPS) is 17.8. The van der Waals surface area contributed by atoms with Crippen LogP contribution >= 0.6 is 0 Å². The molecule has 1 aromatic rings. The van der Waals surface area contributed by atoms with E-state index >= 15 is 0 Å². The molecule has 1 amide bonds. The lowest BCUT2D eigenvalue weighted by Gasteiger charge is -2.31. The Morgan fingerprint density at radius 1 is 1.33 bits per heavy atom. The molecule has 1 aliphatic rings. The molecule has 0 atom stereocenters. The highest BCUT2D eigenvalue weighted by molar-refractivity contribution is 5.73. The summed E-state index contributed by atoms with van der Waals surface area (Å²) in [6.45, 7) is 2.74. The third-order valence-corrected chi connectivity index (χ3v) is 3.31. The number of piperidine rings is 1. The summed E-state index contributed by atoms with van der Waals surface area (Å²) < 4.78 is 0. The van der Waals surface area contributed by atoms with Gasteiger partial charge in [0, 0.05) is 13.0 Å². The van der Waals surface area contributed by atoms with Gasteiger partial charge in [0.15, 0.2) is 0 Å². The first-order valence-electron chi connectivity index (χ1n) is 6.20. The number of likely N-dealkylation sites (tertiary alicyclic amines) is 1. The van der Waals surface area contributed by atoms with Gasteiger partial charge in [0.05, 0.1) is 18.1 Å². The number of hydrogen-bond donors (Lipinski definition) is 2. The van der Waals surface area contributed by atoms with Gasteiger partial charge in [-0.25, -0.2) is 4.98 Å². The van der Waals surface area contributed by atoms with Crippen LogP contribution in [0.1, 0.15) is 25.0 Å². The van der Waals surface area contributed by atoms with Crippen molar-refractivity contribution in [2.45, 2.75) is 25.8 Å². The second-order valence-corrected chi connectivity index (χ2v) is 4.82. The van der Waals surface area contributed by atoms with E-state index in [1.165, 1.54) is 0 Å². The summed E-state index contributed by atoms with van der Waals surface area (Å²) >= 11 is 0. The predicted octanol–water partition coefficient (Wildman–Crippen LogP) is 0.146. The number of hydrogen-bond acceptors (Lipinski definition) is 5. The Balaban J connectivity index is 1.79. The van der Waals surface area contributed by atoms with Gasteiger partial charge in [-0.05, 0) is 31.8 Å². The van der Waals surface area contributed by atoms with Crippen molar-refractivity contribution >= 4 is 11.7 Å². The van der Waals surface area contributed by atoms with Crippen molar-refractivity contribution in [3.63, 3.8) is 0 Å². The van der Waals surface area contributed by atoms with Gasteiger partial charge in [0.25, 0.3) is 0 Å². The molecule has 18 heavy (non-hydrogen) atoms. The van der Waals surface area contributed by atoms with Crippen molar-refractivity contribution in [1.29, 1.82) is 0 Å². The van der Waals surface area contributed by atoms with Crippen LogP contribution in [-0.2, 0) is 11.3 Å². The second kappa shape index (κ2) is 5.77. The molecule has 0 radical (unpaired) electrons. The number of aromatic nitrogens is 2. The van der Waals surface area contributed by atoms with Gasteiger partial charge in [0.1, 0.15) is 5.82 Å². The highest BCUT2D eigenvalue weighted by Gasteiger charge is 2.20. The number of anilines is 1. The van der Waals surface area contributed by atoms with Crippen LogP contribution in [0.2, 0.25) is 0 Å². The van der Waals surface area contributed by atoms with E-state index in [0.29, 0.717) is 18.2 Å². The predicted molar refractivity (Wildman–Crippen MR) is 68.3 cm³/mol. The average molecular weight is 249 g/mol. The number of amides is 1. The number of nitrogens with two attached hydrogens (primary N) is 2. The van der Waals surface area contributed by atoms with Gasteiger partial charge in [-0.15, -0.1) is 0 Å². The molecule has 6 heteroatoms. The van der Waals surface area contributed by atoms with Gasteiger partial charge >= 0.3 is 0 Å². The van der Waals surface area contributed by atoms with Crippen molar-refractivity contribution in [2.24, 2.45) is 11.7 Å². The van der Waals surface area contributed by atoms with Gasteiger partial charge < -0.3 is 11.5 Å². The van der Waals surface area contributed by atoms with E-state index in [1.807, 2.05) is 0 Å². The summed E-state index contributed by atoms with van der Waals surface area (Å²) in [5.74, 6) is 0.688. The van der Waals surface area contributed by atoms with Gasteiger partial charge in [0.2, 0.25) is 5.91 Å². The van der Waals surface area contributed by atoms with Crippen molar-refractivity contribution in [2.75, 3.05) is 18.8 Å². The Hall–Kier alpha value is -1.69. The third-order valence-electron chi connectivity index (χ3n) is 3.31. The lowest BCUT2D eigenvalue weighted by atomic mass is 9.93. The maximum Gasteiger partial charge on any atom is 0.217 e. The topological polar surface area (TPSA) is 98.1 Å². The molecular formula is C12H19N5O. The van der Waals surface area contributed by atoms with Crippen molar-refractivity contribution in [1.82, 2.24) is 14.9 Å². The van der Waals surface area contributed by atoms with Crippen LogP contribution in [0, 0.1) is 5.92 Å². The molecule has 1 aromatic heterocycles. The van der Waals surface area contributed by atoms with Crippen LogP contribution in [0.25, 0.3) is 0 Å². The Morgan fingerprint density at radius 2 is 2.06 bits per heavy atom. The van der Waals surface area contributed by atoms with Gasteiger partial charge in [-0.2, -0.15) is 0 Å². The molecule has 2 rings (SSSR count). The van der Waals surface area contributed by atoms with E-state index in [0.717, 1.165) is 38.2 Å². The number of rotatable bonds is 4. The van der Waals surface area contributed by atoms with Crippen LogP contribution in [-0.4, -0.2) is 33.9 Å². The van der Waals surface area contributed by atoms with E-state index in [2.05, 4.69) is 14.9 Å². The molecule has 0 saturated carbocycles. The molecular weight excluding hydrogens is 230 g/mol. The maximum absolute atomic E-state index is 10.9. The summed E-state index contributed by atoms with van der Waals surface area (Å²) in [5.41, 5.74) is 11.6. The molecule has 6 nitrogen and oxygen atoms in total. The quantitative estimate of drug-likeness (QED) is 0.791. The summed E-state index contributed by atoms with van der Waals surface area (Å²) in [6, 6.07) is 0. The fourth-order valence-electron chi connectivity index (χ4n) is 2.31. The van der Waals surface area contributed by atoms with Crippen LogP contribution in [0.5, 0.6) is 0 Å². The van der Waals surface area contributed by atoms with E-state index in [4.69, 9.17) is 11.5 Å². The van der Waals surface area contributed by atoms with Gasteiger partial charge in [-0.1, -0.05) is 0 Å². The molecule has 0 aromatic carbocycles. The fourth-order valence-corrected chi connectivity index (χ4v) is 2.31. The highest BCUT2D eigenvalue weighted by atomic mass is 16.1. The van der Waals surface area contributed by atoms with Crippen molar-refractivity contribution in [3.8, 4) is 0 Å². The van der Waals surface area contributed by atoms with Crippen LogP contribution < -0.4 is 11.5 Å². The lowest BCUT2D eigenvalue weighted by molar-refractivity contribution is -0.119. The Morgan fingerprint density at radius 3 is 2.61 bits per heavy atom. The lowest BCUT2D eigenvalue weighted by Crippen LogP contribution is -2.34. The summed E-state index contributed by atoms with van der Waals surface area (Å²) in [7, 11) is 0. The standard InChI is InChI=1S/C12H19N5O/c13-11-7-15-10(6-16-11)8-17-3-1-9(2-4-17)5-12(14)18/h6-7,9H,1-5,8H2,(H2,13,16)(H2,14,18).